The van der Waals surface area contributed by atoms with Crippen LogP contribution >= 0.6 is 0 Å². The van der Waals surface area contributed by atoms with Crippen molar-refractivity contribution in [2.24, 2.45) is 0 Å². The third kappa shape index (κ3) is 6.70. The van der Waals surface area contributed by atoms with E-state index >= 15 is 0 Å². The van der Waals surface area contributed by atoms with E-state index in [0.717, 1.165) is 11.5 Å². The van der Waals surface area contributed by atoms with Crippen LogP contribution in [0, 0.1) is 0 Å². The Bertz CT molecular complexity index is 936. The molecule has 170 valence electrons. The van der Waals surface area contributed by atoms with E-state index in [9.17, 15) is 0 Å². The molecule has 3 rings (SSSR count). The van der Waals surface area contributed by atoms with E-state index in [1.807, 2.05) is 0 Å². The van der Waals surface area contributed by atoms with Crippen molar-refractivity contribution in [2.75, 3.05) is 19.0 Å². The number of hydrogen-bond acceptors (Lipinski definition) is 3. The lowest BCUT2D eigenvalue weighted by atomic mass is 10.2. The number of hydrogen-bond donors (Lipinski definition) is 0. The minimum Gasteiger partial charge on any atom is -0.488 e. The Hall–Kier alpha value is -2.59. The molecule has 0 aliphatic carbocycles. The van der Waals surface area contributed by atoms with Crippen LogP contribution in [0.15, 0.2) is 87.5 Å². The zero-order chi connectivity index (χ0) is 23.5. The van der Waals surface area contributed by atoms with Gasteiger partial charge < -0.3 is 14.4 Å². The standard InChI is InChI=1S/C28H36NO2S/c1-27(2,3)30-22-11-17-25(18-12-22)32(24-15-9-21(10-16-24)29(7)8)26-19-13-23(14-20-26)31-28(4,5)6/h9-20H,1-8H3/q+1. The lowest BCUT2D eigenvalue weighted by Crippen LogP contribution is -2.23. The van der Waals surface area contributed by atoms with Crippen LogP contribution in [0.5, 0.6) is 11.5 Å². The molecule has 0 fully saturated rings. The maximum Gasteiger partial charge on any atom is 0.166 e. The van der Waals surface area contributed by atoms with E-state index in [0.29, 0.717) is 0 Å². The Labute approximate surface area is 196 Å². The SMILES string of the molecule is CN(C)c1ccc([S+](c2ccc(OC(C)(C)C)cc2)c2ccc(OC(C)(C)C)cc2)cc1. The summed E-state index contributed by atoms with van der Waals surface area (Å²) in [6.45, 7) is 12.4. The maximum atomic E-state index is 6.03. The Morgan fingerprint density at radius 3 is 1.12 bits per heavy atom. The molecule has 0 aliphatic heterocycles. The van der Waals surface area contributed by atoms with Crippen molar-refractivity contribution < 1.29 is 9.47 Å². The number of nitrogens with zero attached hydrogens (tertiary/aromatic N) is 1. The summed E-state index contributed by atoms with van der Waals surface area (Å²) < 4.78 is 12.1. The molecular formula is C28H36NO2S+. The molecule has 3 nitrogen and oxygen atoms in total. The van der Waals surface area contributed by atoms with Crippen LogP contribution < -0.4 is 14.4 Å². The maximum absolute atomic E-state index is 6.03. The summed E-state index contributed by atoms with van der Waals surface area (Å²) in [5, 5.41) is 0. The van der Waals surface area contributed by atoms with E-state index in [-0.39, 0.29) is 22.1 Å². The molecule has 0 aromatic heterocycles. The molecule has 0 spiro atoms. The molecular weight excluding hydrogens is 414 g/mol. The Morgan fingerprint density at radius 1 is 0.531 bits per heavy atom. The van der Waals surface area contributed by atoms with Crippen molar-refractivity contribution >= 4 is 16.6 Å². The average Bonchev–Trinajstić information content (AvgIpc) is 2.69. The van der Waals surface area contributed by atoms with Gasteiger partial charge in [-0.1, -0.05) is 0 Å². The molecule has 3 aromatic rings. The highest BCUT2D eigenvalue weighted by molar-refractivity contribution is 7.97. The molecule has 0 amide bonds. The molecule has 0 unspecified atom stereocenters. The van der Waals surface area contributed by atoms with Crippen molar-refractivity contribution in [1.82, 2.24) is 0 Å². The summed E-state index contributed by atoms with van der Waals surface area (Å²) in [6, 6.07) is 25.9. The van der Waals surface area contributed by atoms with Crippen LogP contribution in [-0.2, 0) is 10.9 Å². The molecule has 3 aromatic carbocycles. The number of anilines is 1. The number of benzene rings is 3. The second kappa shape index (κ2) is 9.50. The highest BCUT2D eigenvalue weighted by atomic mass is 32.2. The van der Waals surface area contributed by atoms with Crippen LogP contribution in [-0.4, -0.2) is 25.3 Å². The minimum atomic E-state index is -0.229. The molecule has 0 aliphatic rings. The van der Waals surface area contributed by atoms with Crippen LogP contribution in [0.3, 0.4) is 0 Å². The topological polar surface area (TPSA) is 21.7 Å². The largest absolute Gasteiger partial charge is 0.488 e. The van der Waals surface area contributed by atoms with Crippen LogP contribution in [0.4, 0.5) is 5.69 Å². The Kier molecular flexibility index (Phi) is 7.14. The molecule has 0 bridgehead atoms. The van der Waals surface area contributed by atoms with Gasteiger partial charge in [0.1, 0.15) is 22.7 Å². The fourth-order valence-corrected chi connectivity index (χ4v) is 5.32. The molecule has 32 heavy (non-hydrogen) atoms. The van der Waals surface area contributed by atoms with Crippen LogP contribution in [0.2, 0.25) is 0 Å². The average molecular weight is 451 g/mol. The summed E-state index contributed by atoms with van der Waals surface area (Å²) in [5.74, 6) is 1.78. The van der Waals surface area contributed by atoms with Gasteiger partial charge in [0.25, 0.3) is 0 Å². The van der Waals surface area contributed by atoms with E-state index in [1.54, 1.807) is 0 Å². The summed E-state index contributed by atoms with van der Waals surface area (Å²) in [6.07, 6.45) is 0. The first-order valence-electron chi connectivity index (χ1n) is 11.0. The van der Waals surface area contributed by atoms with Gasteiger partial charge in [0.15, 0.2) is 14.7 Å². The van der Waals surface area contributed by atoms with Gasteiger partial charge in [-0.3, -0.25) is 0 Å². The zero-order valence-electron chi connectivity index (χ0n) is 20.6. The molecule has 0 saturated heterocycles. The second-order valence-corrected chi connectivity index (χ2v) is 12.1. The van der Waals surface area contributed by atoms with Crippen LogP contribution in [0.25, 0.3) is 0 Å². The first-order chi connectivity index (χ1) is 14.9. The lowest BCUT2D eigenvalue weighted by Gasteiger charge is -2.21. The monoisotopic (exact) mass is 450 g/mol. The van der Waals surface area contributed by atoms with Crippen LogP contribution in [0.1, 0.15) is 41.5 Å². The van der Waals surface area contributed by atoms with Gasteiger partial charge in [-0.15, -0.1) is 0 Å². The molecule has 0 atom stereocenters. The quantitative estimate of drug-likeness (QED) is 0.371. The fraction of sp³-hybridized carbons (Fsp3) is 0.357. The smallest absolute Gasteiger partial charge is 0.166 e. The van der Waals surface area contributed by atoms with Gasteiger partial charge in [0.05, 0.1) is 10.9 Å². The Morgan fingerprint density at radius 2 is 0.844 bits per heavy atom. The van der Waals surface area contributed by atoms with Gasteiger partial charge in [-0.25, -0.2) is 0 Å². The predicted octanol–water partition coefficient (Wildman–Crippen LogP) is 7.20. The third-order valence-corrected chi connectivity index (χ3v) is 6.79. The highest BCUT2D eigenvalue weighted by Gasteiger charge is 2.29. The zero-order valence-corrected chi connectivity index (χ0v) is 21.4. The van der Waals surface area contributed by atoms with Gasteiger partial charge in [0, 0.05) is 19.8 Å². The molecule has 0 radical (unpaired) electrons. The first kappa shape index (κ1) is 24.1. The summed E-state index contributed by atoms with van der Waals surface area (Å²) >= 11 is 0. The van der Waals surface area contributed by atoms with Crippen molar-refractivity contribution in [3.8, 4) is 11.5 Å². The summed E-state index contributed by atoms with van der Waals surface area (Å²) in [4.78, 5) is 5.92. The number of ether oxygens (including phenoxy) is 2. The normalized spacial score (nSPS) is 12.0. The predicted molar refractivity (Wildman–Crippen MR) is 137 cm³/mol. The van der Waals surface area contributed by atoms with E-state index in [2.05, 4.69) is 133 Å². The van der Waals surface area contributed by atoms with E-state index in [1.165, 1.54) is 20.4 Å². The third-order valence-electron chi connectivity index (χ3n) is 4.56. The summed E-state index contributed by atoms with van der Waals surface area (Å²) in [5.41, 5.74) is 0.766. The fourth-order valence-electron chi connectivity index (χ4n) is 3.28. The van der Waals surface area contributed by atoms with Crippen molar-refractivity contribution in [2.45, 2.75) is 67.4 Å². The lowest BCUT2D eigenvalue weighted by molar-refractivity contribution is 0.130. The molecule has 4 heteroatoms. The van der Waals surface area contributed by atoms with Gasteiger partial charge in [-0.2, -0.15) is 0 Å². The van der Waals surface area contributed by atoms with Gasteiger partial charge in [-0.05, 0) is 114 Å². The summed E-state index contributed by atoms with van der Waals surface area (Å²) in [7, 11) is 3.90. The highest BCUT2D eigenvalue weighted by Crippen LogP contribution is 2.34. The second-order valence-electron chi connectivity index (χ2n) is 10.1. The van der Waals surface area contributed by atoms with Crippen molar-refractivity contribution in [3.05, 3.63) is 72.8 Å². The molecule has 0 heterocycles. The van der Waals surface area contributed by atoms with Gasteiger partial charge >= 0.3 is 0 Å². The first-order valence-corrected chi connectivity index (χ1v) is 12.2. The van der Waals surface area contributed by atoms with Gasteiger partial charge in [0.2, 0.25) is 0 Å². The van der Waals surface area contributed by atoms with E-state index < -0.39 is 0 Å². The minimum absolute atomic E-state index is 0.214. The number of rotatable bonds is 6. The van der Waals surface area contributed by atoms with E-state index in [4.69, 9.17) is 9.47 Å². The molecule has 0 N–H and O–H groups in total. The van der Waals surface area contributed by atoms with Crippen molar-refractivity contribution in [3.63, 3.8) is 0 Å². The molecule has 0 saturated carbocycles. The van der Waals surface area contributed by atoms with Crippen molar-refractivity contribution in [1.29, 1.82) is 0 Å². The Balaban J connectivity index is 1.98.